The summed E-state index contributed by atoms with van der Waals surface area (Å²) in [5.74, 6) is -3.20. The molecular weight excluding hydrogens is 1190 g/mol. The zero-order valence-corrected chi connectivity index (χ0v) is 53.0. The molecule has 0 saturated carbocycles. The van der Waals surface area contributed by atoms with E-state index in [0.717, 1.165) is 31.3 Å². The molecule has 8 N–H and O–H groups in total. The molecule has 0 spiro atoms. The average molecular weight is 1260 g/mol. The molecule has 1 aliphatic rings. The number of nitrogens with zero attached hydrogens (tertiary/aromatic N) is 5. The van der Waals surface area contributed by atoms with Crippen molar-refractivity contribution in [1.29, 1.82) is 0 Å². The molecule has 468 valence electrons. The molecule has 3 heterocycles. The van der Waals surface area contributed by atoms with Crippen molar-refractivity contribution in [2.24, 2.45) is 15.9 Å². The third-order valence-corrected chi connectivity index (χ3v) is 12.7. The van der Waals surface area contributed by atoms with Crippen molar-refractivity contribution >= 4 is 92.1 Å². The van der Waals surface area contributed by atoms with E-state index in [2.05, 4.69) is 51.7 Å². The molecule has 1 aliphatic heterocycles. The Labute approximate surface area is 525 Å². The van der Waals surface area contributed by atoms with Crippen LogP contribution in [-0.2, 0) is 63.2 Å². The maximum atomic E-state index is 12.7. The Bertz CT molecular complexity index is 3250. The van der Waals surface area contributed by atoms with Crippen molar-refractivity contribution in [3.8, 4) is 0 Å². The fraction of sp³-hybridized carbons (Fsp3) is 0.407. The number of pyridine rings is 2. The second-order valence-corrected chi connectivity index (χ2v) is 22.8. The molecule has 0 aliphatic carbocycles. The largest absolute Gasteiger partial charge is 1.00 e. The zero-order chi connectivity index (χ0) is 64.3. The Morgan fingerprint density at radius 3 is 1.56 bits per heavy atom. The van der Waals surface area contributed by atoms with Gasteiger partial charge in [-0.05, 0) is 116 Å². The molecule has 5 amide bonds. The Morgan fingerprint density at radius 2 is 1.13 bits per heavy atom. The predicted molar refractivity (Wildman–Crippen MR) is 308 cm³/mol. The zero-order valence-electron chi connectivity index (χ0n) is 49.4. The number of alkyl carbamates (subject to hydrolysis) is 2. The molecule has 1 fully saturated rings. The van der Waals surface area contributed by atoms with Gasteiger partial charge in [0.1, 0.15) is 49.9 Å². The predicted octanol–water partition coefficient (Wildman–Crippen LogP) is 1.58. The normalized spacial score (nSPS) is 13.0. The molecule has 30 nitrogen and oxygen atoms in total. The van der Waals surface area contributed by atoms with Gasteiger partial charge in [0, 0.05) is 49.5 Å². The third kappa shape index (κ3) is 28.8. The molecule has 2 aromatic carbocycles. The molecule has 4 aromatic rings. The van der Waals surface area contributed by atoms with Gasteiger partial charge in [-0.25, -0.2) is 37.6 Å². The van der Waals surface area contributed by atoms with E-state index in [1.54, 1.807) is 32.9 Å². The molecule has 2 atom stereocenters. The Morgan fingerprint density at radius 1 is 0.678 bits per heavy atom. The summed E-state index contributed by atoms with van der Waals surface area (Å²) in [4.78, 5) is 106. The number of methoxy groups -OCH3 is 2. The Hall–Kier alpha value is -7.98. The van der Waals surface area contributed by atoms with Crippen molar-refractivity contribution < 1.29 is 118 Å². The van der Waals surface area contributed by atoms with Crippen molar-refractivity contribution in [1.82, 2.24) is 31.0 Å². The monoisotopic (exact) mass is 1260 g/mol. The smallest absolute Gasteiger partial charge is 0.744 e. The van der Waals surface area contributed by atoms with E-state index in [1.807, 2.05) is 20.8 Å². The van der Waals surface area contributed by atoms with Crippen LogP contribution in [0.1, 0.15) is 125 Å². The standard InChI is InChI=1S/C25H33N5O8S.C17H14N4O7S.C12H24N2O4.Na/c1-25(2,3)38-24(33)26-14-8-7-10-19(23(32)37-4)29-22(31)18-12-13-21(27-15-18)30-28-16-17-9-5-6-11-20(17)39(34,35)36;22-15-7-8-16(23)21(15)28-17(24)12-5-6-14(18-9-12)20-19-10-11-3-1-2-4-13(11)29(25,26)27;1-12(2,3)18-11(16)14-8-6-5-7-9(13)10(15)17-4;/h5-6,9,11-13,15-16,19H,7-8,10,14H2,1-4H3,(H,26,33)(H,27,30)(H,29,31)(H,34,35,36);1-6,9-10H,7-8H2,(H,18,20)(H,25,26,27);9H,5-8,13H2,1-4H3,(H,14,16);/q;;;+1/p-1. The number of hydrogen-bond acceptors (Lipinski definition) is 25. The van der Waals surface area contributed by atoms with Crippen molar-refractivity contribution in [3.05, 3.63) is 107 Å². The first-order chi connectivity index (χ1) is 40.3. The van der Waals surface area contributed by atoms with Crippen LogP contribution in [0.4, 0.5) is 21.2 Å². The first kappa shape index (κ1) is 75.1. The summed E-state index contributed by atoms with van der Waals surface area (Å²) in [5, 5.41) is 16.0. The second kappa shape index (κ2) is 36.2. The van der Waals surface area contributed by atoms with Gasteiger partial charge in [-0.2, -0.15) is 18.6 Å². The number of aromatic nitrogens is 2. The number of nitrogens with two attached hydrogens (primary N) is 1. The molecule has 5 rings (SSSR count). The van der Waals surface area contributed by atoms with E-state index in [1.165, 1.54) is 81.2 Å². The molecule has 2 unspecified atom stereocenters. The first-order valence-electron chi connectivity index (χ1n) is 26.2. The topological polar surface area (TPSA) is 434 Å². The fourth-order valence-corrected chi connectivity index (χ4v) is 8.14. The number of benzene rings is 2. The number of unbranched alkanes of at least 4 members (excludes halogenated alkanes) is 2. The summed E-state index contributed by atoms with van der Waals surface area (Å²) >= 11 is 0. The quantitative estimate of drug-likeness (QED) is 0.00765. The van der Waals surface area contributed by atoms with Crippen LogP contribution in [0.3, 0.4) is 0 Å². The summed E-state index contributed by atoms with van der Waals surface area (Å²) in [6.45, 7) is 11.6. The van der Waals surface area contributed by atoms with Crippen LogP contribution in [0.2, 0.25) is 0 Å². The SMILES string of the molecule is COC(=O)C(CCCCNC(=O)OC(C)(C)C)NC(=O)c1ccc(NN=Cc2ccccc2S(=O)(=O)O)nc1.COC(=O)C(N)CCCCNC(=O)OC(C)(C)C.O=C(ON1C(=O)CCC1=O)c1ccc(NN=Cc2ccccc2S(=O)(=O)[O-])nc1.[Na+]. The maximum absolute atomic E-state index is 12.7. The van der Waals surface area contributed by atoms with Crippen LogP contribution in [-0.4, -0.2) is 152 Å². The minimum absolute atomic E-state index is 0. The molecule has 1 saturated heterocycles. The Balaban J connectivity index is 0.000000473. The molecule has 0 bridgehead atoms. The minimum Gasteiger partial charge on any atom is -0.744 e. The molecule has 2 aromatic heterocycles. The van der Waals surface area contributed by atoms with Crippen molar-refractivity contribution in [2.45, 2.75) is 126 Å². The van der Waals surface area contributed by atoms with Crippen LogP contribution in [0.25, 0.3) is 0 Å². The number of ether oxygens (including phenoxy) is 4. The van der Waals surface area contributed by atoms with E-state index in [-0.39, 0.29) is 81.2 Å². The fourth-order valence-electron chi connectivity index (χ4n) is 6.82. The number of anilines is 2. The molecule has 33 heteroatoms. The second-order valence-electron chi connectivity index (χ2n) is 20.1. The van der Waals surface area contributed by atoms with Gasteiger partial charge in [0.05, 0.1) is 42.7 Å². The third-order valence-electron chi connectivity index (χ3n) is 10.8. The molecule has 0 radical (unpaired) electrons. The van der Waals surface area contributed by atoms with Gasteiger partial charge in [0.2, 0.25) is 0 Å². The average Bonchev–Trinajstić information content (AvgIpc) is 3.72. The summed E-state index contributed by atoms with van der Waals surface area (Å²) < 4.78 is 85.4. The van der Waals surface area contributed by atoms with E-state index in [0.29, 0.717) is 43.8 Å². The van der Waals surface area contributed by atoms with Gasteiger partial charge >= 0.3 is 59.7 Å². The summed E-state index contributed by atoms with van der Waals surface area (Å²) in [6, 6.07) is 15.4. The number of esters is 2. The van der Waals surface area contributed by atoms with Gasteiger partial charge < -0.3 is 50.0 Å². The van der Waals surface area contributed by atoms with Crippen LogP contribution < -0.4 is 62.1 Å². The number of nitrogens with one attached hydrogen (secondary N) is 5. The number of amides is 5. The molecular formula is C54H70N11NaO19S2. The number of hydrazone groups is 2. The number of imide groups is 1. The number of carbonyl (C=O) groups is 8. The van der Waals surface area contributed by atoms with Gasteiger partial charge in [0.25, 0.3) is 27.8 Å². The van der Waals surface area contributed by atoms with Gasteiger partial charge in [-0.3, -0.25) is 34.6 Å². The first-order valence-corrected chi connectivity index (χ1v) is 29.0. The van der Waals surface area contributed by atoms with Crippen LogP contribution in [0, 0.1) is 0 Å². The Kier molecular flexibility index (Phi) is 31.3. The maximum Gasteiger partial charge on any atom is 1.00 e. The van der Waals surface area contributed by atoms with Crippen molar-refractivity contribution in [2.75, 3.05) is 38.2 Å². The number of hydrogen-bond donors (Lipinski definition) is 7. The van der Waals surface area contributed by atoms with E-state index in [9.17, 15) is 64.3 Å². The summed E-state index contributed by atoms with van der Waals surface area (Å²) in [6.07, 6.45) is 7.17. The summed E-state index contributed by atoms with van der Waals surface area (Å²) in [7, 11) is -6.53. The van der Waals surface area contributed by atoms with Gasteiger partial charge in [-0.1, -0.05) is 36.4 Å². The van der Waals surface area contributed by atoms with E-state index >= 15 is 0 Å². The number of carbonyl (C=O) groups excluding carboxylic acids is 8. The van der Waals surface area contributed by atoms with Crippen LogP contribution in [0.15, 0.2) is 105 Å². The minimum atomic E-state index is -4.65. The number of hydroxylamine groups is 2. The molecule has 87 heavy (non-hydrogen) atoms. The number of rotatable bonds is 24. The van der Waals surface area contributed by atoms with Gasteiger partial charge in [-0.15, -0.1) is 5.06 Å². The van der Waals surface area contributed by atoms with E-state index < -0.39 is 96.2 Å². The summed E-state index contributed by atoms with van der Waals surface area (Å²) in [5.41, 5.74) is 10.0. The van der Waals surface area contributed by atoms with Gasteiger partial charge in [0.15, 0.2) is 0 Å². The van der Waals surface area contributed by atoms with Crippen molar-refractivity contribution in [3.63, 3.8) is 0 Å². The van der Waals surface area contributed by atoms with Crippen LogP contribution in [0.5, 0.6) is 0 Å². The van der Waals surface area contributed by atoms with E-state index in [4.69, 9.17) is 24.8 Å². The van der Waals surface area contributed by atoms with Crippen LogP contribution >= 0.6 is 0 Å².